The first-order chi connectivity index (χ1) is 7.70. The van der Waals surface area contributed by atoms with Crippen LogP contribution in [0, 0.1) is 0 Å². The van der Waals surface area contributed by atoms with Gasteiger partial charge in [0.25, 0.3) is 0 Å². The number of anilines is 2. The van der Waals surface area contributed by atoms with Crippen LogP contribution in [0.1, 0.15) is 12.8 Å². The van der Waals surface area contributed by atoms with Crippen molar-refractivity contribution in [1.29, 1.82) is 0 Å². The Kier molecular flexibility index (Phi) is 3.19. The van der Waals surface area contributed by atoms with Gasteiger partial charge in [-0.3, -0.25) is 0 Å². The van der Waals surface area contributed by atoms with Crippen molar-refractivity contribution in [2.75, 3.05) is 30.8 Å². The van der Waals surface area contributed by atoms with Gasteiger partial charge in [0.1, 0.15) is 5.75 Å². The molecule has 3 N–H and O–H groups in total. The molecule has 0 aliphatic carbocycles. The van der Waals surface area contributed by atoms with Crippen LogP contribution in [0.3, 0.4) is 0 Å². The summed E-state index contributed by atoms with van der Waals surface area (Å²) in [6.07, 6.45) is 1.50. The molecule has 0 amide bonds. The molecule has 1 aromatic carbocycles. The van der Waals surface area contributed by atoms with E-state index in [9.17, 15) is 5.11 Å². The normalized spacial score (nSPS) is 17.5. The highest BCUT2D eigenvalue weighted by molar-refractivity contribution is 5.63. The Morgan fingerprint density at radius 3 is 2.62 bits per heavy atom. The van der Waals surface area contributed by atoms with Crippen molar-refractivity contribution in [2.45, 2.75) is 18.9 Å². The molecule has 0 saturated carbocycles. The van der Waals surface area contributed by atoms with Crippen LogP contribution >= 0.6 is 0 Å². The molecule has 1 aliphatic rings. The molecule has 0 bridgehead atoms. The molecule has 1 heterocycles. The molecule has 1 fully saturated rings. The predicted octanol–water partition coefficient (Wildman–Crippen LogP) is 1.24. The van der Waals surface area contributed by atoms with Crippen LogP contribution in [0.5, 0.6) is 5.75 Å². The smallest absolute Gasteiger partial charge is 0.141 e. The predicted molar refractivity (Wildman–Crippen MR) is 64.9 cm³/mol. The van der Waals surface area contributed by atoms with E-state index < -0.39 is 0 Å². The number of aliphatic hydroxyl groups is 1. The third-order valence-corrected chi connectivity index (χ3v) is 3.04. The first kappa shape index (κ1) is 11.1. The van der Waals surface area contributed by atoms with Crippen LogP contribution < -0.4 is 15.4 Å². The highest BCUT2D eigenvalue weighted by atomic mass is 16.5. The summed E-state index contributed by atoms with van der Waals surface area (Å²) in [5.41, 5.74) is 7.63. The lowest BCUT2D eigenvalue weighted by Gasteiger charge is -2.31. The summed E-state index contributed by atoms with van der Waals surface area (Å²) >= 11 is 0. The fraction of sp³-hybridized carbons (Fsp3) is 0.500. The molecule has 2 rings (SSSR count). The highest BCUT2D eigenvalue weighted by Crippen LogP contribution is 2.28. The minimum atomic E-state index is -0.146. The summed E-state index contributed by atoms with van der Waals surface area (Å²) < 4.78 is 5.12. The number of nitrogens with two attached hydrogens (primary N) is 1. The Bertz CT molecular complexity index is 360. The molecular weight excluding hydrogens is 204 g/mol. The summed E-state index contributed by atoms with van der Waals surface area (Å²) in [6, 6.07) is 5.82. The van der Waals surface area contributed by atoms with Crippen LogP contribution in [0.15, 0.2) is 18.2 Å². The second-order valence-electron chi connectivity index (χ2n) is 4.14. The number of ether oxygens (including phenoxy) is 1. The van der Waals surface area contributed by atoms with E-state index in [1.165, 1.54) is 0 Å². The topological polar surface area (TPSA) is 58.7 Å². The number of nitrogen functional groups attached to an aromatic ring is 1. The van der Waals surface area contributed by atoms with Gasteiger partial charge in [-0.2, -0.15) is 0 Å². The zero-order valence-corrected chi connectivity index (χ0v) is 9.52. The molecule has 4 heteroatoms. The van der Waals surface area contributed by atoms with Crippen molar-refractivity contribution in [3.8, 4) is 5.75 Å². The number of piperidine rings is 1. The summed E-state index contributed by atoms with van der Waals surface area (Å²) in [5.74, 6) is 0.709. The van der Waals surface area contributed by atoms with Crippen molar-refractivity contribution in [3.63, 3.8) is 0 Å². The Morgan fingerprint density at radius 2 is 2.06 bits per heavy atom. The molecule has 0 aromatic heterocycles. The van der Waals surface area contributed by atoms with E-state index in [2.05, 4.69) is 4.90 Å². The maximum absolute atomic E-state index is 9.44. The first-order valence-electron chi connectivity index (χ1n) is 5.57. The number of rotatable bonds is 2. The summed E-state index contributed by atoms with van der Waals surface area (Å²) in [6.45, 7) is 1.76. The average Bonchev–Trinajstić information content (AvgIpc) is 2.30. The van der Waals surface area contributed by atoms with E-state index in [-0.39, 0.29) is 6.10 Å². The summed E-state index contributed by atoms with van der Waals surface area (Å²) in [7, 11) is 1.61. The van der Waals surface area contributed by atoms with Crippen molar-refractivity contribution < 1.29 is 9.84 Å². The zero-order valence-electron chi connectivity index (χ0n) is 9.52. The van der Waals surface area contributed by atoms with Crippen LogP contribution in [0.2, 0.25) is 0 Å². The SMILES string of the molecule is COc1ccc(N2CCC(O)CC2)cc1N. The Hall–Kier alpha value is -1.42. The molecule has 1 aromatic rings. The van der Waals surface area contributed by atoms with Gasteiger partial charge in [0, 0.05) is 18.8 Å². The van der Waals surface area contributed by atoms with Crippen LogP contribution in [0.25, 0.3) is 0 Å². The second kappa shape index (κ2) is 4.61. The van der Waals surface area contributed by atoms with Crippen LogP contribution in [-0.2, 0) is 0 Å². The minimum Gasteiger partial charge on any atom is -0.495 e. The molecule has 0 spiro atoms. The van der Waals surface area contributed by atoms with Gasteiger partial charge in [0.05, 0.1) is 18.9 Å². The Balaban J connectivity index is 2.12. The zero-order chi connectivity index (χ0) is 11.5. The Labute approximate surface area is 95.6 Å². The van der Waals surface area contributed by atoms with Crippen molar-refractivity contribution in [2.24, 2.45) is 0 Å². The lowest BCUT2D eigenvalue weighted by atomic mass is 10.1. The van der Waals surface area contributed by atoms with E-state index in [1.807, 2.05) is 18.2 Å². The summed E-state index contributed by atoms with van der Waals surface area (Å²) in [5, 5.41) is 9.44. The molecular formula is C12H18N2O2. The fourth-order valence-corrected chi connectivity index (χ4v) is 2.04. The van der Waals surface area contributed by atoms with Gasteiger partial charge in [-0.25, -0.2) is 0 Å². The van der Waals surface area contributed by atoms with Gasteiger partial charge in [-0.05, 0) is 31.0 Å². The Morgan fingerprint density at radius 1 is 1.38 bits per heavy atom. The number of nitrogens with zero attached hydrogens (tertiary/aromatic N) is 1. The lowest BCUT2D eigenvalue weighted by molar-refractivity contribution is 0.145. The number of hydrogen-bond acceptors (Lipinski definition) is 4. The van der Waals surface area contributed by atoms with Crippen molar-refractivity contribution in [1.82, 2.24) is 0 Å². The third kappa shape index (κ3) is 2.22. The molecule has 0 radical (unpaired) electrons. The van der Waals surface area contributed by atoms with Crippen molar-refractivity contribution in [3.05, 3.63) is 18.2 Å². The van der Waals surface area contributed by atoms with Crippen LogP contribution in [-0.4, -0.2) is 31.4 Å². The standard InChI is InChI=1S/C12H18N2O2/c1-16-12-3-2-9(8-11(12)13)14-6-4-10(15)5-7-14/h2-3,8,10,15H,4-7,13H2,1H3. The molecule has 88 valence electrons. The van der Waals surface area contributed by atoms with Gasteiger partial charge < -0.3 is 20.5 Å². The number of benzene rings is 1. The third-order valence-electron chi connectivity index (χ3n) is 3.04. The van der Waals surface area contributed by atoms with Gasteiger partial charge in [0.2, 0.25) is 0 Å². The van der Waals surface area contributed by atoms with Crippen LogP contribution in [0.4, 0.5) is 11.4 Å². The number of hydrogen-bond donors (Lipinski definition) is 2. The maximum Gasteiger partial charge on any atom is 0.141 e. The summed E-state index contributed by atoms with van der Waals surface area (Å²) in [4.78, 5) is 2.24. The average molecular weight is 222 g/mol. The largest absolute Gasteiger partial charge is 0.495 e. The lowest BCUT2D eigenvalue weighted by Crippen LogP contribution is -2.35. The number of methoxy groups -OCH3 is 1. The fourth-order valence-electron chi connectivity index (χ4n) is 2.04. The molecule has 1 aliphatic heterocycles. The van der Waals surface area contributed by atoms with E-state index >= 15 is 0 Å². The van der Waals surface area contributed by atoms with E-state index in [4.69, 9.17) is 10.5 Å². The quantitative estimate of drug-likeness (QED) is 0.739. The van der Waals surface area contributed by atoms with Gasteiger partial charge in [-0.15, -0.1) is 0 Å². The highest BCUT2D eigenvalue weighted by Gasteiger charge is 2.17. The molecule has 1 saturated heterocycles. The molecule has 0 unspecified atom stereocenters. The van der Waals surface area contributed by atoms with E-state index in [0.29, 0.717) is 11.4 Å². The monoisotopic (exact) mass is 222 g/mol. The van der Waals surface area contributed by atoms with E-state index in [0.717, 1.165) is 31.6 Å². The number of aliphatic hydroxyl groups excluding tert-OH is 1. The van der Waals surface area contributed by atoms with Gasteiger partial charge in [-0.1, -0.05) is 0 Å². The van der Waals surface area contributed by atoms with Gasteiger partial charge in [0.15, 0.2) is 0 Å². The molecule has 0 atom stereocenters. The molecule has 16 heavy (non-hydrogen) atoms. The maximum atomic E-state index is 9.44. The second-order valence-corrected chi connectivity index (χ2v) is 4.14. The minimum absolute atomic E-state index is 0.146. The van der Waals surface area contributed by atoms with Gasteiger partial charge >= 0.3 is 0 Å². The molecule has 4 nitrogen and oxygen atoms in total. The first-order valence-corrected chi connectivity index (χ1v) is 5.57. The van der Waals surface area contributed by atoms with E-state index in [1.54, 1.807) is 7.11 Å². The van der Waals surface area contributed by atoms with Crippen molar-refractivity contribution >= 4 is 11.4 Å².